The molecule has 1 aromatic carbocycles. The number of aromatic nitrogens is 1. The van der Waals surface area contributed by atoms with Gasteiger partial charge in [-0.05, 0) is 55.9 Å². The van der Waals surface area contributed by atoms with Crippen LogP contribution in [-0.4, -0.2) is 35.1 Å². The van der Waals surface area contributed by atoms with E-state index >= 15 is 0 Å². The first-order valence-electron chi connectivity index (χ1n) is 8.43. The molecule has 23 heavy (non-hydrogen) atoms. The molecule has 4 rings (SSSR count). The van der Waals surface area contributed by atoms with Crippen LogP contribution in [0.4, 0.5) is 4.39 Å². The highest BCUT2D eigenvalue weighted by Crippen LogP contribution is 2.35. The summed E-state index contributed by atoms with van der Waals surface area (Å²) in [4.78, 5) is 14.5. The second kappa shape index (κ2) is 5.73. The predicted molar refractivity (Wildman–Crippen MR) is 89.2 cm³/mol. The lowest BCUT2D eigenvalue weighted by molar-refractivity contribution is 0.195. The molecule has 122 valence electrons. The Morgan fingerprint density at radius 3 is 2.61 bits per heavy atom. The van der Waals surface area contributed by atoms with Crippen LogP contribution >= 0.6 is 0 Å². The maximum absolute atomic E-state index is 14.6. The third-order valence-corrected chi connectivity index (χ3v) is 5.36. The van der Waals surface area contributed by atoms with E-state index in [4.69, 9.17) is 5.73 Å². The summed E-state index contributed by atoms with van der Waals surface area (Å²) in [7, 11) is 0. The highest BCUT2D eigenvalue weighted by molar-refractivity contribution is 5.83. The van der Waals surface area contributed by atoms with E-state index in [1.807, 2.05) is 0 Å². The van der Waals surface area contributed by atoms with Crippen molar-refractivity contribution >= 4 is 10.9 Å². The van der Waals surface area contributed by atoms with Gasteiger partial charge in [0.25, 0.3) is 5.56 Å². The standard InChI is InChI=1S/C18H22FN3O/c19-15-3-1-12-2-4-16(23)22-10-5-13(17(15)18(12)22)11-21-8-6-14(20)7-9-21/h1-4,13-14H,5-11,20H2. The van der Waals surface area contributed by atoms with Crippen molar-refractivity contribution in [3.63, 3.8) is 0 Å². The smallest absolute Gasteiger partial charge is 0.251 e. The number of piperidine rings is 1. The molecule has 1 unspecified atom stereocenters. The summed E-state index contributed by atoms with van der Waals surface area (Å²) in [5, 5.41) is 0.950. The number of hydrogen-bond acceptors (Lipinski definition) is 3. The summed E-state index contributed by atoms with van der Waals surface area (Å²) in [6.07, 6.45) is 2.83. The molecule has 2 N–H and O–H groups in total. The first-order valence-corrected chi connectivity index (χ1v) is 8.43. The number of aryl methyl sites for hydroxylation is 1. The Bertz CT molecular complexity index is 793. The van der Waals surface area contributed by atoms with Crippen LogP contribution in [0.3, 0.4) is 0 Å². The van der Waals surface area contributed by atoms with E-state index in [2.05, 4.69) is 4.90 Å². The van der Waals surface area contributed by atoms with Crippen molar-refractivity contribution in [1.82, 2.24) is 9.47 Å². The number of pyridine rings is 1. The predicted octanol–water partition coefficient (Wildman–Crippen LogP) is 2.05. The Labute approximate surface area is 134 Å². The minimum Gasteiger partial charge on any atom is -0.328 e. The monoisotopic (exact) mass is 315 g/mol. The zero-order chi connectivity index (χ0) is 16.0. The molecule has 0 radical (unpaired) electrons. The van der Waals surface area contributed by atoms with E-state index in [1.54, 1.807) is 22.8 Å². The largest absolute Gasteiger partial charge is 0.328 e. The van der Waals surface area contributed by atoms with E-state index in [1.165, 1.54) is 6.07 Å². The number of hydrogen-bond donors (Lipinski definition) is 1. The highest BCUT2D eigenvalue weighted by Gasteiger charge is 2.28. The normalized spacial score (nSPS) is 22.6. The summed E-state index contributed by atoms with van der Waals surface area (Å²) in [5.74, 6) is -0.0370. The molecule has 2 aromatic rings. The van der Waals surface area contributed by atoms with Gasteiger partial charge in [0.2, 0.25) is 0 Å². The molecule has 0 bridgehead atoms. The minimum absolute atomic E-state index is 0.0354. The van der Waals surface area contributed by atoms with E-state index in [0.717, 1.165) is 55.4 Å². The van der Waals surface area contributed by atoms with Gasteiger partial charge in [0.1, 0.15) is 5.82 Å². The van der Waals surface area contributed by atoms with E-state index in [0.29, 0.717) is 12.6 Å². The van der Waals surface area contributed by atoms with Gasteiger partial charge in [-0.3, -0.25) is 4.79 Å². The van der Waals surface area contributed by atoms with Crippen LogP contribution < -0.4 is 11.3 Å². The number of halogens is 1. The molecule has 1 atom stereocenters. The van der Waals surface area contributed by atoms with Crippen LogP contribution in [0, 0.1) is 5.82 Å². The first kappa shape index (κ1) is 14.8. The number of likely N-dealkylation sites (tertiary alicyclic amines) is 1. The summed E-state index contributed by atoms with van der Waals surface area (Å²) < 4.78 is 16.3. The quantitative estimate of drug-likeness (QED) is 0.923. The van der Waals surface area contributed by atoms with Gasteiger partial charge < -0.3 is 15.2 Å². The van der Waals surface area contributed by atoms with Crippen molar-refractivity contribution in [3.8, 4) is 0 Å². The fourth-order valence-corrected chi connectivity index (χ4v) is 4.07. The molecule has 0 amide bonds. The molecular formula is C18H22FN3O. The first-order chi connectivity index (χ1) is 11.1. The summed E-state index contributed by atoms with van der Waals surface area (Å²) in [6, 6.07) is 7.00. The second-order valence-electron chi connectivity index (χ2n) is 6.85. The van der Waals surface area contributed by atoms with Crippen LogP contribution in [-0.2, 0) is 6.54 Å². The highest BCUT2D eigenvalue weighted by atomic mass is 19.1. The van der Waals surface area contributed by atoms with Crippen LogP contribution in [0.1, 0.15) is 30.7 Å². The lowest BCUT2D eigenvalue weighted by Crippen LogP contribution is -2.42. The van der Waals surface area contributed by atoms with Crippen molar-refractivity contribution in [3.05, 3.63) is 46.0 Å². The van der Waals surface area contributed by atoms with Crippen molar-refractivity contribution in [1.29, 1.82) is 0 Å². The Morgan fingerprint density at radius 1 is 1.09 bits per heavy atom. The fourth-order valence-electron chi connectivity index (χ4n) is 4.07. The third kappa shape index (κ3) is 2.58. The van der Waals surface area contributed by atoms with E-state index in [-0.39, 0.29) is 17.3 Å². The molecule has 2 aliphatic heterocycles. The molecular weight excluding hydrogens is 293 g/mol. The van der Waals surface area contributed by atoms with Crippen molar-refractivity contribution in [2.45, 2.75) is 37.8 Å². The summed E-state index contributed by atoms with van der Waals surface area (Å²) in [6.45, 7) is 3.49. The fraction of sp³-hybridized carbons (Fsp3) is 0.500. The molecule has 4 nitrogen and oxygen atoms in total. The average molecular weight is 315 g/mol. The van der Waals surface area contributed by atoms with Crippen molar-refractivity contribution in [2.75, 3.05) is 19.6 Å². The Hall–Kier alpha value is -1.72. The van der Waals surface area contributed by atoms with Gasteiger partial charge in [-0.15, -0.1) is 0 Å². The van der Waals surface area contributed by atoms with Gasteiger partial charge in [0, 0.05) is 36.7 Å². The average Bonchev–Trinajstić information content (AvgIpc) is 2.56. The number of benzene rings is 1. The maximum atomic E-state index is 14.6. The van der Waals surface area contributed by atoms with Crippen molar-refractivity contribution < 1.29 is 4.39 Å². The van der Waals surface area contributed by atoms with Crippen molar-refractivity contribution in [2.24, 2.45) is 5.73 Å². The molecule has 0 spiro atoms. The minimum atomic E-state index is -0.185. The van der Waals surface area contributed by atoms with Gasteiger partial charge in [-0.2, -0.15) is 0 Å². The lowest BCUT2D eigenvalue weighted by Gasteiger charge is -2.35. The number of rotatable bonds is 2. The molecule has 5 heteroatoms. The van der Waals surface area contributed by atoms with Crippen LogP contribution in [0.15, 0.2) is 29.1 Å². The van der Waals surface area contributed by atoms with Gasteiger partial charge >= 0.3 is 0 Å². The molecule has 0 aliphatic carbocycles. The zero-order valence-corrected chi connectivity index (χ0v) is 13.2. The van der Waals surface area contributed by atoms with Gasteiger partial charge in [-0.1, -0.05) is 0 Å². The second-order valence-corrected chi connectivity index (χ2v) is 6.85. The molecule has 0 saturated carbocycles. The SMILES string of the molecule is NC1CCN(CC2CCn3c(=O)ccc4ccc(F)c2c43)CC1. The summed E-state index contributed by atoms with van der Waals surface area (Å²) >= 11 is 0. The zero-order valence-electron chi connectivity index (χ0n) is 13.2. The third-order valence-electron chi connectivity index (χ3n) is 5.36. The van der Waals surface area contributed by atoms with E-state index in [9.17, 15) is 9.18 Å². The Morgan fingerprint density at radius 2 is 1.83 bits per heavy atom. The van der Waals surface area contributed by atoms with Crippen LogP contribution in [0.25, 0.3) is 10.9 Å². The lowest BCUT2D eigenvalue weighted by atomic mass is 9.88. The molecule has 1 fully saturated rings. The number of nitrogens with two attached hydrogens (primary N) is 1. The number of nitrogens with zero attached hydrogens (tertiary/aromatic N) is 2. The van der Waals surface area contributed by atoms with E-state index < -0.39 is 0 Å². The van der Waals surface area contributed by atoms with Crippen LogP contribution in [0.5, 0.6) is 0 Å². The Balaban J connectivity index is 1.72. The summed E-state index contributed by atoms with van der Waals surface area (Å²) in [5.41, 5.74) is 7.45. The topological polar surface area (TPSA) is 51.3 Å². The van der Waals surface area contributed by atoms with Crippen LogP contribution in [0.2, 0.25) is 0 Å². The van der Waals surface area contributed by atoms with Gasteiger partial charge in [0.15, 0.2) is 0 Å². The Kier molecular flexibility index (Phi) is 3.70. The van der Waals surface area contributed by atoms with Gasteiger partial charge in [-0.25, -0.2) is 4.39 Å². The molecule has 1 aromatic heterocycles. The molecule has 3 heterocycles. The molecule has 1 saturated heterocycles. The molecule has 2 aliphatic rings. The maximum Gasteiger partial charge on any atom is 0.251 e. The van der Waals surface area contributed by atoms with Gasteiger partial charge in [0.05, 0.1) is 5.52 Å².